The van der Waals surface area contributed by atoms with Crippen LogP contribution in [0.1, 0.15) is 35.9 Å². The molecular weight excluding hydrogens is 423 g/mol. The molecule has 0 saturated heterocycles. The van der Waals surface area contributed by atoms with Gasteiger partial charge in [0.25, 0.3) is 5.92 Å². The Morgan fingerprint density at radius 2 is 1.74 bits per heavy atom. The minimum atomic E-state index is -4.63. The van der Waals surface area contributed by atoms with Crippen molar-refractivity contribution in [1.29, 1.82) is 0 Å². The first-order chi connectivity index (χ1) is 14.4. The maximum Gasteiger partial charge on any atom is 0.471 e. The van der Waals surface area contributed by atoms with Gasteiger partial charge in [-0.15, -0.1) is 5.10 Å². The summed E-state index contributed by atoms with van der Waals surface area (Å²) in [4.78, 5) is 8.16. The molecule has 6 nitrogen and oxygen atoms in total. The summed E-state index contributed by atoms with van der Waals surface area (Å²) in [5, 5.41) is 8.42. The number of benzene rings is 1. The first kappa shape index (κ1) is 22.7. The molecule has 0 fully saturated rings. The van der Waals surface area contributed by atoms with E-state index >= 15 is 0 Å². The quantitative estimate of drug-likeness (QED) is 0.450. The predicted molar refractivity (Wildman–Crippen MR) is 103 cm³/mol. The van der Waals surface area contributed by atoms with Crippen LogP contribution < -0.4 is 9.80 Å². The van der Waals surface area contributed by atoms with Gasteiger partial charge in [-0.1, -0.05) is 0 Å². The van der Waals surface area contributed by atoms with Gasteiger partial charge in [-0.3, -0.25) is 0 Å². The molecule has 168 valence electrons. The predicted octanol–water partition coefficient (Wildman–Crippen LogP) is 4.89. The Bertz CT molecular complexity index is 933. The van der Waals surface area contributed by atoms with Gasteiger partial charge in [-0.05, 0) is 62.1 Å². The van der Waals surface area contributed by atoms with Gasteiger partial charge in [0.15, 0.2) is 0 Å². The standard InChI is InChI=1S/C20H21F5N4O2/c1-12-9-15(29-11-26-18(31-29)20(23,24)25)10-13(2)17(12)30-8-4-5-14-6-7-16(28-27-14)19(3,21)22/h6-7,9-10H,4-5,8,11H2,1-3H3. The number of nitrogens with zero attached hydrogens (tertiary/aromatic N) is 4. The van der Waals surface area contributed by atoms with Crippen molar-refractivity contribution in [2.24, 2.45) is 4.99 Å². The summed E-state index contributed by atoms with van der Waals surface area (Å²) in [6.07, 6.45) is -3.56. The second-order valence-electron chi connectivity index (χ2n) is 7.23. The van der Waals surface area contributed by atoms with E-state index in [1.54, 1.807) is 26.0 Å². The molecule has 1 aliphatic rings. The van der Waals surface area contributed by atoms with Crippen molar-refractivity contribution in [3.05, 3.63) is 46.8 Å². The highest BCUT2D eigenvalue weighted by atomic mass is 19.4. The number of halogens is 5. The molecule has 0 saturated carbocycles. The second kappa shape index (κ2) is 8.64. The Morgan fingerprint density at radius 3 is 2.26 bits per heavy atom. The fourth-order valence-corrected chi connectivity index (χ4v) is 3.02. The summed E-state index contributed by atoms with van der Waals surface area (Å²) in [5.41, 5.74) is 2.09. The number of hydrogen-bond donors (Lipinski definition) is 0. The zero-order chi connectivity index (χ0) is 22.8. The highest BCUT2D eigenvalue weighted by Gasteiger charge is 2.42. The van der Waals surface area contributed by atoms with Crippen LogP contribution in [0, 0.1) is 13.8 Å². The fourth-order valence-electron chi connectivity index (χ4n) is 3.02. The van der Waals surface area contributed by atoms with E-state index in [1.807, 2.05) is 0 Å². The highest BCUT2D eigenvalue weighted by Crippen LogP contribution is 2.32. The zero-order valence-corrected chi connectivity index (χ0v) is 17.1. The number of aliphatic imine (C=N–C) groups is 1. The van der Waals surface area contributed by atoms with Gasteiger partial charge in [0.2, 0.25) is 0 Å². The Balaban J connectivity index is 1.55. The molecular formula is C20H21F5N4O2. The Hall–Kier alpha value is -2.98. The topological polar surface area (TPSA) is 59.8 Å². The molecule has 0 radical (unpaired) electrons. The van der Waals surface area contributed by atoms with Crippen LogP contribution in [0.15, 0.2) is 29.3 Å². The number of rotatable bonds is 7. The SMILES string of the molecule is Cc1cc(N2CN=C(C(F)(F)F)O2)cc(C)c1OCCCc1ccc(C(C)(F)F)nn1. The number of aromatic nitrogens is 2. The van der Waals surface area contributed by atoms with Gasteiger partial charge in [-0.25, -0.2) is 4.99 Å². The van der Waals surface area contributed by atoms with Gasteiger partial charge in [0.05, 0.1) is 18.0 Å². The molecule has 3 rings (SSSR count). The number of aryl methyl sites for hydroxylation is 3. The van der Waals surface area contributed by atoms with E-state index in [0.29, 0.717) is 36.6 Å². The van der Waals surface area contributed by atoms with Crippen LogP contribution in [0.3, 0.4) is 0 Å². The van der Waals surface area contributed by atoms with Crippen LogP contribution >= 0.6 is 0 Å². The molecule has 0 amide bonds. The van der Waals surface area contributed by atoms with E-state index in [9.17, 15) is 22.0 Å². The molecule has 0 N–H and O–H groups in total. The third kappa shape index (κ3) is 5.59. The van der Waals surface area contributed by atoms with E-state index in [4.69, 9.17) is 9.57 Å². The van der Waals surface area contributed by atoms with Crippen molar-refractivity contribution in [3.63, 3.8) is 0 Å². The number of anilines is 1. The largest absolute Gasteiger partial charge is 0.493 e. The molecule has 11 heteroatoms. The lowest BCUT2D eigenvalue weighted by Gasteiger charge is -2.20. The van der Waals surface area contributed by atoms with Crippen molar-refractivity contribution in [3.8, 4) is 5.75 Å². The normalized spacial score (nSPS) is 14.5. The number of hydrogen-bond acceptors (Lipinski definition) is 6. The molecule has 2 aromatic rings. The van der Waals surface area contributed by atoms with E-state index in [2.05, 4.69) is 15.2 Å². The van der Waals surface area contributed by atoms with Crippen LogP contribution in [0.5, 0.6) is 5.75 Å². The summed E-state index contributed by atoms with van der Waals surface area (Å²) in [5.74, 6) is -3.69. The monoisotopic (exact) mass is 444 g/mol. The van der Waals surface area contributed by atoms with Crippen LogP contribution in [0.4, 0.5) is 27.6 Å². The Labute approximate surface area is 175 Å². The molecule has 0 spiro atoms. The maximum absolute atomic E-state index is 13.2. The minimum Gasteiger partial charge on any atom is -0.493 e. The number of hydroxylamine groups is 1. The Kier molecular flexibility index (Phi) is 6.33. The maximum atomic E-state index is 13.2. The van der Waals surface area contributed by atoms with Crippen LogP contribution in [-0.4, -0.2) is 35.5 Å². The van der Waals surface area contributed by atoms with Crippen molar-refractivity contribution in [2.75, 3.05) is 18.3 Å². The molecule has 31 heavy (non-hydrogen) atoms. The zero-order valence-electron chi connectivity index (χ0n) is 17.1. The van der Waals surface area contributed by atoms with Crippen molar-refractivity contribution in [2.45, 2.75) is 45.7 Å². The van der Waals surface area contributed by atoms with Gasteiger partial charge in [-0.2, -0.15) is 32.1 Å². The summed E-state index contributed by atoms with van der Waals surface area (Å²) < 4.78 is 70.2. The summed E-state index contributed by atoms with van der Waals surface area (Å²) in [6.45, 7) is 4.41. The van der Waals surface area contributed by atoms with Gasteiger partial charge < -0.3 is 9.57 Å². The average molecular weight is 444 g/mol. The van der Waals surface area contributed by atoms with Crippen molar-refractivity contribution >= 4 is 11.6 Å². The van der Waals surface area contributed by atoms with Crippen LogP contribution in [-0.2, 0) is 17.2 Å². The molecule has 1 aromatic heterocycles. The molecule has 0 unspecified atom stereocenters. The molecule has 1 aliphatic heterocycles. The average Bonchev–Trinajstić information content (AvgIpc) is 3.17. The van der Waals surface area contributed by atoms with Crippen LogP contribution in [0.2, 0.25) is 0 Å². The smallest absolute Gasteiger partial charge is 0.471 e. The van der Waals surface area contributed by atoms with Crippen LogP contribution in [0.25, 0.3) is 0 Å². The van der Waals surface area contributed by atoms with E-state index < -0.39 is 18.0 Å². The first-order valence-electron chi connectivity index (χ1n) is 9.47. The number of alkyl halides is 5. The third-order valence-electron chi connectivity index (χ3n) is 4.51. The molecule has 1 aromatic carbocycles. The number of ether oxygens (including phenoxy) is 1. The van der Waals surface area contributed by atoms with Gasteiger partial charge in [0, 0.05) is 6.92 Å². The van der Waals surface area contributed by atoms with Crippen molar-refractivity contribution in [1.82, 2.24) is 10.2 Å². The summed E-state index contributed by atoms with van der Waals surface area (Å²) >= 11 is 0. The van der Waals surface area contributed by atoms with E-state index in [0.717, 1.165) is 23.1 Å². The highest BCUT2D eigenvalue weighted by molar-refractivity contribution is 5.84. The minimum absolute atomic E-state index is 0.252. The van der Waals surface area contributed by atoms with Crippen molar-refractivity contribution < 1.29 is 31.5 Å². The van der Waals surface area contributed by atoms with E-state index in [1.165, 1.54) is 12.1 Å². The fraction of sp³-hybridized carbons (Fsp3) is 0.450. The van der Waals surface area contributed by atoms with Gasteiger partial charge >= 0.3 is 12.1 Å². The second-order valence-corrected chi connectivity index (χ2v) is 7.23. The lowest BCUT2D eigenvalue weighted by atomic mass is 10.1. The lowest BCUT2D eigenvalue weighted by molar-refractivity contribution is -0.0764. The molecule has 0 aliphatic carbocycles. The first-order valence-corrected chi connectivity index (χ1v) is 9.47. The van der Waals surface area contributed by atoms with Gasteiger partial charge in [0.1, 0.15) is 18.1 Å². The molecule has 2 heterocycles. The third-order valence-corrected chi connectivity index (χ3v) is 4.51. The van der Waals surface area contributed by atoms with E-state index in [-0.39, 0.29) is 12.4 Å². The molecule has 0 bridgehead atoms. The lowest BCUT2D eigenvalue weighted by Crippen LogP contribution is -2.28. The summed E-state index contributed by atoms with van der Waals surface area (Å²) in [7, 11) is 0. The Morgan fingerprint density at radius 1 is 1.06 bits per heavy atom. The summed E-state index contributed by atoms with van der Waals surface area (Å²) in [6, 6.07) is 6.08. The molecule has 0 atom stereocenters.